The molecule has 0 radical (unpaired) electrons. The summed E-state index contributed by atoms with van der Waals surface area (Å²) in [6, 6.07) is 10.3. The van der Waals surface area contributed by atoms with E-state index in [0.29, 0.717) is 23.6 Å². The molecule has 0 atom stereocenters. The molecule has 0 aromatic heterocycles. The molecule has 1 heterocycles. The highest BCUT2D eigenvalue weighted by Gasteiger charge is 2.31. The summed E-state index contributed by atoms with van der Waals surface area (Å²) in [4.78, 5) is 13.9. The lowest BCUT2D eigenvalue weighted by Gasteiger charge is -2.13. The van der Waals surface area contributed by atoms with Crippen molar-refractivity contribution in [2.75, 3.05) is 11.5 Å². The Bertz CT molecular complexity index is 865. The minimum absolute atomic E-state index is 0.0142. The molecule has 1 saturated heterocycles. The molecule has 7 heteroatoms. The number of hydrogen-bond acceptors (Lipinski definition) is 4. The molecular weight excluding hydrogens is 343 g/mol. The highest BCUT2D eigenvalue weighted by molar-refractivity contribution is 7.80. The Balaban J connectivity index is 1.87. The maximum absolute atomic E-state index is 13.1. The topological polar surface area (TPSA) is 61.8 Å². The summed E-state index contributed by atoms with van der Waals surface area (Å²) < 4.78 is 18.3. The first-order chi connectivity index (χ1) is 12.0. The summed E-state index contributed by atoms with van der Waals surface area (Å²) in [5.41, 5.74) is 1.35. The van der Waals surface area contributed by atoms with Crippen LogP contribution in [0.5, 0.6) is 11.5 Å². The number of carbonyl (C=O) groups excluding carboxylic acids is 1. The van der Waals surface area contributed by atoms with Crippen LogP contribution in [0.3, 0.4) is 0 Å². The smallest absolute Gasteiger partial charge is 0.281 e. The molecule has 2 aromatic rings. The number of ether oxygens (including phenoxy) is 1. The van der Waals surface area contributed by atoms with E-state index in [1.807, 2.05) is 6.92 Å². The molecule has 2 aromatic carbocycles. The zero-order valence-electron chi connectivity index (χ0n) is 13.3. The van der Waals surface area contributed by atoms with Crippen LogP contribution < -0.4 is 15.0 Å². The molecule has 0 bridgehead atoms. The van der Waals surface area contributed by atoms with Crippen molar-refractivity contribution < 1.29 is 19.0 Å². The van der Waals surface area contributed by atoms with E-state index in [9.17, 15) is 14.3 Å². The normalized spacial score (nSPS) is 15.6. The molecule has 5 nitrogen and oxygen atoms in total. The highest BCUT2D eigenvalue weighted by atomic mass is 32.1. The standard InChI is InChI=1S/C18H15FN2O3S/c1-2-24-16-8-3-11(10-15(16)22)9-14-17(23)21(18(25)20-14)13-6-4-12(19)5-7-13/h3-10,22H,2H2,1H3,(H,20,25)/b14-9-. The first-order valence-corrected chi connectivity index (χ1v) is 7.99. The summed E-state index contributed by atoms with van der Waals surface area (Å²) in [5, 5.41) is 13.0. The number of thiocarbonyl (C=S) groups is 1. The molecule has 3 rings (SSSR count). The summed E-state index contributed by atoms with van der Waals surface area (Å²) in [5.74, 6) is -0.390. The van der Waals surface area contributed by atoms with Gasteiger partial charge in [-0.1, -0.05) is 6.07 Å². The fourth-order valence-corrected chi connectivity index (χ4v) is 2.73. The molecule has 128 valence electrons. The highest BCUT2D eigenvalue weighted by Crippen LogP contribution is 2.28. The monoisotopic (exact) mass is 358 g/mol. The van der Waals surface area contributed by atoms with Gasteiger partial charge in [0.2, 0.25) is 0 Å². The van der Waals surface area contributed by atoms with E-state index in [4.69, 9.17) is 17.0 Å². The van der Waals surface area contributed by atoms with Crippen LogP contribution in [0.15, 0.2) is 48.2 Å². The van der Waals surface area contributed by atoms with E-state index in [0.717, 1.165) is 0 Å². The number of phenols is 1. The third-order valence-electron chi connectivity index (χ3n) is 3.56. The van der Waals surface area contributed by atoms with E-state index in [2.05, 4.69) is 5.32 Å². The van der Waals surface area contributed by atoms with Gasteiger partial charge in [-0.3, -0.25) is 9.69 Å². The predicted octanol–water partition coefficient (Wildman–Crippen LogP) is 3.19. The number of amides is 1. The Morgan fingerprint density at radius 3 is 2.64 bits per heavy atom. The van der Waals surface area contributed by atoms with Crippen LogP contribution in [0.2, 0.25) is 0 Å². The van der Waals surface area contributed by atoms with Crippen LogP contribution in [-0.4, -0.2) is 22.7 Å². The number of rotatable bonds is 4. The molecule has 1 amide bonds. The van der Waals surface area contributed by atoms with Gasteiger partial charge >= 0.3 is 0 Å². The lowest BCUT2D eigenvalue weighted by molar-refractivity contribution is -0.113. The number of carbonyl (C=O) groups is 1. The van der Waals surface area contributed by atoms with Gasteiger partial charge in [0.1, 0.15) is 11.5 Å². The van der Waals surface area contributed by atoms with Crippen LogP contribution >= 0.6 is 12.2 Å². The van der Waals surface area contributed by atoms with E-state index >= 15 is 0 Å². The Morgan fingerprint density at radius 2 is 2.00 bits per heavy atom. The van der Waals surface area contributed by atoms with E-state index in [1.54, 1.807) is 18.2 Å². The van der Waals surface area contributed by atoms with Crippen molar-refractivity contribution in [1.82, 2.24) is 5.32 Å². The molecule has 25 heavy (non-hydrogen) atoms. The van der Waals surface area contributed by atoms with Gasteiger partial charge in [-0.25, -0.2) is 4.39 Å². The second-order valence-corrected chi connectivity index (χ2v) is 5.65. The fourth-order valence-electron chi connectivity index (χ4n) is 2.43. The molecule has 0 spiro atoms. The van der Waals surface area contributed by atoms with Crippen molar-refractivity contribution in [3.8, 4) is 11.5 Å². The van der Waals surface area contributed by atoms with Crippen molar-refractivity contribution in [2.24, 2.45) is 0 Å². The lowest BCUT2D eigenvalue weighted by Crippen LogP contribution is -2.30. The predicted molar refractivity (Wildman–Crippen MR) is 96.9 cm³/mol. The summed E-state index contributed by atoms with van der Waals surface area (Å²) in [6.07, 6.45) is 1.58. The third kappa shape index (κ3) is 3.46. The van der Waals surface area contributed by atoms with Gasteiger partial charge in [0.05, 0.1) is 12.3 Å². The van der Waals surface area contributed by atoms with Crippen molar-refractivity contribution in [3.63, 3.8) is 0 Å². The number of phenolic OH excluding ortho intramolecular Hbond substituents is 1. The van der Waals surface area contributed by atoms with Crippen molar-refractivity contribution in [2.45, 2.75) is 6.92 Å². The number of halogens is 1. The van der Waals surface area contributed by atoms with Gasteiger partial charge in [-0.2, -0.15) is 0 Å². The zero-order valence-corrected chi connectivity index (χ0v) is 14.1. The minimum atomic E-state index is -0.394. The summed E-state index contributed by atoms with van der Waals surface area (Å²) in [7, 11) is 0. The Morgan fingerprint density at radius 1 is 1.28 bits per heavy atom. The maximum atomic E-state index is 13.1. The summed E-state index contributed by atoms with van der Waals surface area (Å²) >= 11 is 5.20. The van der Waals surface area contributed by atoms with Crippen LogP contribution in [-0.2, 0) is 4.79 Å². The number of nitrogens with zero attached hydrogens (tertiary/aromatic N) is 1. The number of benzene rings is 2. The molecule has 0 saturated carbocycles. The molecule has 0 unspecified atom stereocenters. The minimum Gasteiger partial charge on any atom is -0.504 e. The van der Waals surface area contributed by atoms with Gasteiger partial charge in [0.25, 0.3) is 5.91 Å². The van der Waals surface area contributed by atoms with Crippen LogP contribution in [0, 0.1) is 5.82 Å². The van der Waals surface area contributed by atoms with Gasteiger partial charge in [0, 0.05) is 0 Å². The Hall–Kier alpha value is -2.93. The second kappa shape index (κ2) is 6.90. The zero-order chi connectivity index (χ0) is 18.0. The van der Waals surface area contributed by atoms with E-state index in [1.165, 1.54) is 35.2 Å². The van der Waals surface area contributed by atoms with Gasteiger partial charge in [0.15, 0.2) is 16.6 Å². The number of nitrogens with one attached hydrogen (secondary N) is 1. The van der Waals surface area contributed by atoms with Gasteiger partial charge < -0.3 is 15.2 Å². The average molecular weight is 358 g/mol. The second-order valence-electron chi connectivity index (χ2n) is 5.27. The first kappa shape index (κ1) is 16.9. The Labute approximate surface area is 149 Å². The molecular formula is C18H15FN2O3S. The SMILES string of the molecule is CCOc1ccc(/C=C2\NC(=S)N(c3ccc(F)cc3)C2=O)cc1O. The molecule has 1 fully saturated rings. The van der Waals surface area contributed by atoms with E-state index < -0.39 is 5.82 Å². The molecule has 2 N–H and O–H groups in total. The summed E-state index contributed by atoms with van der Waals surface area (Å²) in [6.45, 7) is 2.26. The first-order valence-electron chi connectivity index (χ1n) is 7.58. The fraction of sp³-hybridized carbons (Fsp3) is 0.111. The molecule has 1 aliphatic heterocycles. The van der Waals surface area contributed by atoms with Gasteiger partial charge in [-0.15, -0.1) is 0 Å². The van der Waals surface area contributed by atoms with Crippen molar-refractivity contribution in [1.29, 1.82) is 0 Å². The quantitative estimate of drug-likeness (QED) is 0.649. The maximum Gasteiger partial charge on any atom is 0.281 e. The largest absolute Gasteiger partial charge is 0.504 e. The van der Waals surface area contributed by atoms with Crippen LogP contribution in [0.25, 0.3) is 6.08 Å². The van der Waals surface area contributed by atoms with Crippen molar-refractivity contribution in [3.05, 3.63) is 59.5 Å². The third-order valence-corrected chi connectivity index (χ3v) is 3.84. The van der Waals surface area contributed by atoms with Crippen molar-refractivity contribution >= 4 is 35.0 Å². The van der Waals surface area contributed by atoms with Crippen LogP contribution in [0.4, 0.5) is 10.1 Å². The average Bonchev–Trinajstić information content (AvgIpc) is 2.85. The Kier molecular flexibility index (Phi) is 4.67. The number of anilines is 1. The van der Waals surface area contributed by atoms with Gasteiger partial charge in [-0.05, 0) is 67.2 Å². The molecule has 0 aliphatic carbocycles. The van der Waals surface area contributed by atoms with Crippen LogP contribution in [0.1, 0.15) is 12.5 Å². The lowest BCUT2D eigenvalue weighted by atomic mass is 10.1. The number of aromatic hydroxyl groups is 1. The molecule has 1 aliphatic rings. The number of hydrogen-bond donors (Lipinski definition) is 2. The van der Waals surface area contributed by atoms with E-state index in [-0.39, 0.29) is 22.5 Å².